The Hall–Kier alpha value is 0.300. The lowest BCUT2D eigenvalue weighted by Gasteiger charge is -2.27. The van der Waals surface area contributed by atoms with Gasteiger partial charge in [-0.2, -0.15) is 11.8 Å². The number of hydrogen-bond donors (Lipinski definition) is 1. The second kappa shape index (κ2) is 6.14. The maximum atomic E-state index is 11.6. The summed E-state index contributed by atoms with van der Waals surface area (Å²) in [7, 11) is 0. The highest BCUT2D eigenvalue weighted by Gasteiger charge is 2.33. The first-order valence-corrected chi connectivity index (χ1v) is 7.74. The van der Waals surface area contributed by atoms with Crippen LogP contribution in [-0.2, 0) is 4.79 Å². The van der Waals surface area contributed by atoms with Gasteiger partial charge in [0.05, 0.1) is 4.83 Å². The molecule has 1 aliphatic carbocycles. The normalized spacial score (nSPS) is 21.3. The summed E-state index contributed by atoms with van der Waals surface area (Å²) in [6.07, 6.45) is 8.10. The standard InChI is InChI=1S/C11H20BrNOS/c1-3-9(12)10(14)13-8-11(15-2)6-4-5-7-11/h9H,3-8H2,1-2H3,(H,13,14). The van der Waals surface area contributed by atoms with Crippen molar-refractivity contribution in [2.45, 2.75) is 48.6 Å². The highest BCUT2D eigenvalue weighted by Crippen LogP contribution is 2.39. The summed E-state index contributed by atoms with van der Waals surface area (Å²) in [6, 6.07) is 0. The fourth-order valence-electron chi connectivity index (χ4n) is 2.02. The first-order chi connectivity index (χ1) is 7.13. The highest BCUT2D eigenvalue weighted by atomic mass is 79.9. The molecular formula is C11H20BrNOS. The van der Waals surface area contributed by atoms with Crippen molar-refractivity contribution in [2.75, 3.05) is 12.8 Å². The Bertz CT molecular complexity index is 217. The van der Waals surface area contributed by atoms with Crippen LogP contribution in [0, 0.1) is 0 Å². The van der Waals surface area contributed by atoms with E-state index >= 15 is 0 Å². The molecule has 0 saturated heterocycles. The van der Waals surface area contributed by atoms with Gasteiger partial charge in [-0.25, -0.2) is 0 Å². The quantitative estimate of drug-likeness (QED) is 0.790. The van der Waals surface area contributed by atoms with E-state index in [2.05, 4.69) is 27.5 Å². The molecule has 1 atom stereocenters. The lowest BCUT2D eigenvalue weighted by Crippen LogP contribution is -2.41. The Morgan fingerprint density at radius 3 is 2.60 bits per heavy atom. The first kappa shape index (κ1) is 13.4. The minimum atomic E-state index is -0.0298. The zero-order valence-corrected chi connectivity index (χ0v) is 11.9. The van der Waals surface area contributed by atoms with Crippen LogP contribution >= 0.6 is 27.7 Å². The first-order valence-electron chi connectivity index (χ1n) is 5.60. The summed E-state index contributed by atoms with van der Waals surface area (Å²) in [5.74, 6) is 0.137. The molecule has 1 unspecified atom stereocenters. The summed E-state index contributed by atoms with van der Waals surface area (Å²) in [4.78, 5) is 11.6. The fraction of sp³-hybridized carbons (Fsp3) is 0.909. The molecule has 0 aliphatic heterocycles. The molecule has 2 nitrogen and oxygen atoms in total. The van der Waals surface area contributed by atoms with Crippen LogP contribution in [0.5, 0.6) is 0 Å². The Morgan fingerprint density at radius 1 is 1.53 bits per heavy atom. The van der Waals surface area contributed by atoms with Gasteiger partial charge in [0.25, 0.3) is 0 Å². The number of alkyl halides is 1. The van der Waals surface area contributed by atoms with Gasteiger partial charge in [-0.15, -0.1) is 0 Å². The van der Waals surface area contributed by atoms with Gasteiger partial charge in [0, 0.05) is 11.3 Å². The van der Waals surface area contributed by atoms with Crippen molar-refractivity contribution in [3.63, 3.8) is 0 Å². The molecule has 88 valence electrons. The van der Waals surface area contributed by atoms with Crippen LogP contribution in [0.1, 0.15) is 39.0 Å². The largest absolute Gasteiger partial charge is 0.354 e. The van der Waals surface area contributed by atoms with Gasteiger partial charge in [0.2, 0.25) is 5.91 Å². The minimum Gasteiger partial charge on any atom is -0.354 e. The summed E-state index contributed by atoms with van der Waals surface area (Å²) >= 11 is 5.28. The van der Waals surface area contributed by atoms with Crippen molar-refractivity contribution < 1.29 is 4.79 Å². The molecule has 1 fully saturated rings. The van der Waals surface area contributed by atoms with Gasteiger partial charge in [-0.1, -0.05) is 35.7 Å². The highest BCUT2D eigenvalue weighted by molar-refractivity contribution is 9.10. The number of carbonyl (C=O) groups is 1. The van der Waals surface area contributed by atoms with Crippen LogP contribution in [0.2, 0.25) is 0 Å². The predicted octanol–water partition coefficient (Wildman–Crippen LogP) is 2.95. The average Bonchev–Trinajstić information content (AvgIpc) is 2.74. The van der Waals surface area contributed by atoms with E-state index in [1.165, 1.54) is 25.7 Å². The zero-order chi connectivity index (χ0) is 11.3. The third-order valence-corrected chi connectivity index (χ3v) is 5.66. The van der Waals surface area contributed by atoms with Crippen LogP contribution in [-0.4, -0.2) is 28.3 Å². The molecule has 1 saturated carbocycles. The van der Waals surface area contributed by atoms with Crippen molar-refractivity contribution in [1.82, 2.24) is 5.32 Å². The molecule has 1 aliphatic rings. The summed E-state index contributed by atoms with van der Waals surface area (Å²) in [5, 5.41) is 3.06. The molecule has 0 bridgehead atoms. The third-order valence-electron chi connectivity index (χ3n) is 3.18. The minimum absolute atomic E-state index is 0.0298. The van der Waals surface area contributed by atoms with E-state index in [0.717, 1.165) is 13.0 Å². The maximum Gasteiger partial charge on any atom is 0.233 e. The SMILES string of the molecule is CCC(Br)C(=O)NCC1(SC)CCCC1. The van der Waals surface area contributed by atoms with Crippen molar-refractivity contribution in [1.29, 1.82) is 0 Å². The molecule has 4 heteroatoms. The van der Waals surface area contributed by atoms with Crippen molar-refractivity contribution in [3.05, 3.63) is 0 Å². The molecule has 1 N–H and O–H groups in total. The second-order valence-corrected chi connectivity index (χ2v) is 6.57. The topological polar surface area (TPSA) is 29.1 Å². The molecule has 0 aromatic carbocycles. The zero-order valence-electron chi connectivity index (χ0n) is 9.51. The van der Waals surface area contributed by atoms with Crippen molar-refractivity contribution in [2.24, 2.45) is 0 Å². The maximum absolute atomic E-state index is 11.6. The van der Waals surface area contributed by atoms with E-state index in [0.29, 0.717) is 4.75 Å². The number of amides is 1. The van der Waals surface area contributed by atoms with Crippen LogP contribution in [0.4, 0.5) is 0 Å². The van der Waals surface area contributed by atoms with Crippen LogP contribution < -0.4 is 5.32 Å². The lowest BCUT2D eigenvalue weighted by molar-refractivity contribution is -0.120. The Morgan fingerprint density at radius 2 is 2.13 bits per heavy atom. The molecule has 0 radical (unpaired) electrons. The lowest BCUT2D eigenvalue weighted by atomic mass is 10.1. The molecule has 0 aromatic heterocycles. The van der Waals surface area contributed by atoms with E-state index < -0.39 is 0 Å². The average molecular weight is 294 g/mol. The Balaban J connectivity index is 2.37. The van der Waals surface area contributed by atoms with Crippen LogP contribution in [0.3, 0.4) is 0 Å². The molecule has 1 rings (SSSR count). The third kappa shape index (κ3) is 3.66. The number of thioether (sulfide) groups is 1. The van der Waals surface area contributed by atoms with E-state index in [1.807, 2.05) is 18.7 Å². The summed E-state index contributed by atoms with van der Waals surface area (Å²) in [6.45, 7) is 2.84. The molecule has 1 amide bonds. The van der Waals surface area contributed by atoms with Gasteiger partial charge in [-0.05, 0) is 25.5 Å². The fourth-order valence-corrected chi connectivity index (χ4v) is 3.09. The molecular weight excluding hydrogens is 274 g/mol. The monoisotopic (exact) mass is 293 g/mol. The number of carbonyl (C=O) groups excluding carboxylic acids is 1. The molecule has 0 heterocycles. The predicted molar refractivity (Wildman–Crippen MR) is 70.7 cm³/mol. The van der Waals surface area contributed by atoms with Crippen LogP contribution in [0.15, 0.2) is 0 Å². The number of hydrogen-bond acceptors (Lipinski definition) is 2. The van der Waals surface area contributed by atoms with Gasteiger partial charge in [-0.3, -0.25) is 4.79 Å². The van der Waals surface area contributed by atoms with Gasteiger partial charge < -0.3 is 5.32 Å². The van der Waals surface area contributed by atoms with E-state index in [1.54, 1.807) is 0 Å². The van der Waals surface area contributed by atoms with Gasteiger partial charge in [0.15, 0.2) is 0 Å². The van der Waals surface area contributed by atoms with Gasteiger partial charge in [0.1, 0.15) is 0 Å². The van der Waals surface area contributed by atoms with Crippen molar-refractivity contribution in [3.8, 4) is 0 Å². The Labute approximate surface area is 105 Å². The number of nitrogens with one attached hydrogen (secondary N) is 1. The van der Waals surface area contributed by atoms with E-state index in [4.69, 9.17) is 0 Å². The molecule has 0 aromatic rings. The van der Waals surface area contributed by atoms with Crippen molar-refractivity contribution >= 4 is 33.6 Å². The number of halogens is 1. The van der Waals surface area contributed by atoms with Crippen LogP contribution in [0.25, 0.3) is 0 Å². The second-order valence-electron chi connectivity index (χ2n) is 4.19. The number of rotatable bonds is 5. The Kier molecular flexibility index (Phi) is 5.47. The smallest absolute Gasteiger partial charge is 0.233 e. The molecule has 0 spiro atoms. The summed E-state index contributed by atoms with van der Waals surface area (Å²) in [5.41, 5.74) is 0. The van der Waals surface area contributed by atoms with E-state index in [9.17, 15) is 4.79 Å². The van der Waals surface area contributed by atoms with Gasteiger partial charge >= 0.3 is 0 Å². The summed E-state index contributed by atoms with van der Waals surface area (Å²) < 4.78 is 0.316. The van der Waals surface area contributed by atoms with E-state index in [-0.39, 0.29) is 10.7 Å². The molecule has 15 heavy (non-hydrogen) atoms.